The third kappa shape index (κ3) is 7.15. The second-order valence-electron chi connectivity index (χ2n) is 17.8. The average Bonchev–Trinajstić information content (AvgIpc) is 3.40. The van der Waals surface area contributed by atoms with Crippen LogP contribution in [0.5, 0.6) is 0 Å². The van der Waals surface area contributed by atoms with Gasteiger partial charge in [0.05, 0.1) is 11.4 Å². The van der Waals surface area contributed by atoms with Crippen LogP contribution in [0, 0.1) is 13.8 Å². The van der Waals surface area contributed by atoms with Gasteiger partial charge in [0, 0.05) is 44.3 Å². The highest BCUT2D eigenvalue weighted by Crippen LogP contribution is 2.53. The van der Waals surface area contributed by atoms with Crippen LogP contribution in [0.1, 0.15) is 11.1 Å². The molecule has 0 aliphatic rings. The highest BCUT2D eigenvalue weighted by Gasteiger charge is 2.27. The molecule has 0 saturated heterocycles. The minimum atomic E-state index is 1.10. The number of nitrogens with zero attached hydrogens (tertiary/aromatic N) is 2. The predicted octanol–water partition coefficient (Wildman–Crippen LogP) is 18.9. The molecule has 0 N–H and O–H groups in total. The topological polar surface area (TPSA) is 6.48 Å². The van der Waals surface area contributed by atoms with Gasteiger partial charge < -0.3 is 9.80 Å². The van der Waals surface area contributed by atoms with E-state index in [-0.39, 0.29) is 0 Å². The van der Waals surface area contributed by atoms with E-state index in [1.54, 1.807) is 0 Å². The summed E-state index contributed by atoms with van der Waals surface area (Å²) in [5, 5.41) is 9.56. The van der Waals surface area contributed by atoms with Gasteiger partial charge in [-0.15, -0.1) is 0 Å². The maximum Gasteiger partial charge on any atom is 0.0618 e. The van der Waals surface area contributed by atoms with Crippen molar-refractivity contribution in [2.24, 2.45) is 0 Å². The first-order valence-electron chi connectivity index (χ1n) is 23.5. The molecule has 0 atom stereocenters. The molecule has 0 unspecified atom stereocenters. The van der Waals surface area contributed by atoms with Crippen LogP contribution in [0.2, 0.25) is 0 Å². The first-order chi connectivity index (χ1) is 33.6. The molecule has 12 rings (SSSR count). The number of aryl methyl sites for hydroxylation is 2. The van der Waals surface area contributed by atoms with Crippen LogP contribution >= 0.6 is 0 Å². The van der Waals surface area contributed by atoms with Crippen LogP contribution in [0.3, 0.4) is 0 Å². The van der Waals surface area contributed by atoms with E-state index < -0.39 is 0 Å². The Morgan fingerprint density at radius 2 is 0.500 bits per heavy atom. The van der Waals surface area contributed by atoms with Gasteiger partial charge in [0.2, 0.25) is 0 Å². The number of fused-ring (bicyclic) bond motifs is 4. The Labute approximate surface area is 398 Å². The zero-order valence-electron chi connectivity index (χ0n) is 38.1. The molecule has 68 heavy (non-hydrogen) atoms. The molecule has 0 aliphatic carbocycles. The first kappa shape index (κ1) is 40.8. The van der Waals surface area contributed by atoms with Gasteiger partial charge in [-0.1, -0.05) is 206 Å². The third-order valence-corrected chi connectivity index (χ3v) is 13.5. The lowest BCUT2D eigenvalue weighted by Crippen LogP contribution is -2.12. The molecule has 0 fully saturated rings. The molecule has 0 saturated carbocycles. The first-order valence-corrected chi connectivity index (χ1v) is 23.5. The van der Waals surface area contributed by atoms with Crippen molar-refractivity contribution in [3.05, 3.63) is 266 Å². The molecule has 0 radical (unpaired) electrons. The normalized spacial score (nSPS) is 11.4. The minimum absolute atomic E-state index is 1.10. The Hall–Kier alpha value is -8.72. The highest BCUT2D eigenvalue weighted by molar-refractivity contribution is 6.30. The van der Waals surface area contributed by atoms with Crippen molar-refractivity contribution in [1.29, 1.82) is 0 Å². The van der Waals surface area contributed by atoms with E-state index in [4.69, 9.17) is 0 Å². The lowest BCUT2D eigenvalue weighted by atomic mass is 9.84. The van der Waals surface area contributed by atoms with Gasteiger partial charge in [-0.25, -0.2) is 0 Å². The summed E-state index contributed by atoms with van der Waals surface area (Å²) in [6.45, 7) is 4.36. The Morgan fingerprint density at radius 1 is 0.221 bits per heavy atom. The fourth-order valence-corrected chi connectivity index (χ4v) is 10.4. The fraction of sp³-hybridized carbons (Fsp3) is 0.0303. The summed E-state index contributed by atoms with van der Waals surface area (Å²) in [5.74, 6) is 0. The zero-order valence-corrected chi connectivity index (χ0v) is 38.1. The molecule has 2 nitrogen and oxygen atoms in total. The molecule has 12 aromatic rings. The second kappa shape index (κ2) is 17.3. The van der Waals surface area contributed by atoms with E-state index in [2.05, 4.69) is 278 Å². The molecule has 0 bridgehead atoms. The van der Waals surface area contributed by atoms with Crippen LogP contribution in [0.15, 0.2) is 255 Å². The lowest BCUT2D eigenvalue weighted by molar-refractivity contribution is 1.29. The number of benzene rings is 12. The Bertz CT molecular complexity index is 3430. The van der Waals surface area contributed by atoms with Crippen molar-refractivity contribution in [1.82, 2.24) is 0 Å². The monoisotopic (exact) mass is 868 g/mol. The lowest BCUT2D eigenvalue weighted by Gasteiger charge is -2.31. The summed E-state index contributed by atoms with van der Waals surface area (Å²) in [4.78, 5) is 4.94. The van der Waals surface area contributed by atoms with Crippen molar-refractivity contribution < 1.29 is 0 Å². The molecule has 12 aromatic carbocycles. The molecule has 0 spiro atoms. The minimum Gasteiger partial charge on any atom is -0.309 e. The smallest absolute Gasteiger partial charge is 0.0618 e. The van der Waals surface area contributed by atoms with Gasteiger partial charge in [-0.2, -0.15) is 0 Å². The number of rotatable bonds is 9. The maximum atomic E-state index is 2.47. The van der Waals surface area contributed by atoms with E-state index in [1.165, 1.54) is 87.6 Å². The molecule has 0 heterocycles. The standard InChI is InChI=1S/C66H48N2/c1-45-19-17-25-53(43-45)67(51-39-35-49(36-40-51)47-21-5-3-6-22-47)65-59-31-13-9-27-55(59)63(56-28-10-14-32-60(56)65)64-57-29-11-15-33-61(57)66(62-34-16-12-30-58(62)64)68(54-26-18-20-46(2)44-54)52-41-37-50(38-42-52)48-23-7-4-8-24-48/h3-44H,1-2H3. The predicted molar refractivity (Wildman–Crippen MR) is 292 cm³/mol. The highest BCUT2D eigenvalue weighted by atomic mass is 15.2. The van der Waals surface area contributed by atoms with E-state index in [0.717, 1.165) is 34.1 Å². The molecule has 0 aliphatic heterocycles. The van der Waals surface area contributed by atoms with Crippen molar-refractivity contribution in [2.75, 3.05) is 9.80 Å². The van der Waals surface area contributed by atoms with E-state index in [1.807, 2.05) is 0 Å². The van der Waals surface area contributed by atoms with Crippen LogP contribution in [-0.4, -0.2) is 0 Å². The SMILES string of the molecule is Cc1cccc(N(c2ccc(-c3ccccc3)cc2)c2c3ccccc3c(-c3c4ccccc4c(N(c4ccc(-c5ccccc5)cc4)c4cccc(C)c4)c4ccccc34)c3ccccc23)c1. The zero-order chi connectivity index (χ0) is 45.6. The Balaban J connectivity index is 1.14. The summed E-state index contributed by atoms with van der Waals surface area (Å²) >= 11 is 0. The molecular formula is C66H48N2. The summed E-state index contributed by atoms with van der Waals surface area (Å²) in [7, 11) is 0. The summed E-state index contributed by atoms with van der Waals surface area (Å²) < 4.78 is 0. The van der Waals surface area contributed by atoms with E-state index >= 15 is 0 Å². The summed E-state index contributed by atoms with van der Waals surface area (Å²) in [6, 6.07) is 93.4. The van der Waals surface area contributed by atoms with E-state index in [9.17, 15) is 0 Å². The van der Waals surface area contributed by atoms with Crippen LogP contribution < -0.4 is 9.80 Å². The molecule has 322 valence electrons. The van der Waals surface area contributed by atoms with Gasteiger partial charge in [-0.05, 0) is 128 Å². The van der Waals surface area contributed by atoms with Gasteiger partial charge in [0.15, 0.2) is 0 Å². The van der Waals surface area contributed by atoms with Gasteiger partial charge in [0.25, 0.3) is 0 Å². The van der Waals surface area contributed by atoms with Gasteiger partial charge >= 0.3 is 0 Å². The summed E-state index contributed by atoms with van der Waals surface area (Å²) in [6.07, 6.45) is 0. The Kier molecular flexibility index (Phi) is 10.3. The van der Waals surface area contributed by atoms with Crippen LogP contribution in [-0.2, 0) is 0 Å². The second-order valence-corrected chi connectivity index (χ2v) is 17.8. The third-order valence-electron chi connectivity index (χ3n) is 13.5. The molecular weight excluding hydrogens is 821 g/mol. The molecule has 0 aromatic heterocycles. The van der Waals surface area contributed by atoms with Gasteiger partial charge in [0.1, 0.15) is 0 Å². The summed E-state index contributed by atoms with van der Waals surface area (Å²) in [5.41, 5.74) is 16.4. The van der Waals surface area contributed by atoms with E-state index in [0.29, 0.717) is 0 Å². The number of hydrogen-bond acceptors (Lipinski definition) is 2. The molecule has 2 heteroatoms. The fourth-order valence-electron chi connectivity index (χ4n) is 10.4. The van der Waals surface area contributed by atoms with Crippen molar-refractivity contribution >= 4 is 77.2 Å². The van der Waals surface area contributed by atoms with Gasteiger partial charge in [-0.3, -0.25) is 0 Å². The Morgan fingerprint density at radius 3 is 0.809 bits per heavy atom. The van der Waals surface area contributed by atoms with Crippen molar-refractivity contribution in [3.8, 4) is 33.4 Å². The van der Waals surface area contributed by atoms with Crippen LogP contribution in [0.4, 0.5) is 34.1 Å². The molecule has 0 amide bonds. The quantitative estimate of drug-likeness (QED) is 0.133. The van der Waals surface area contributed by atoms with Crippen molar-refractivity contribution in [2.45, 2.75) is 13.8 Å². The number of hydrogen-bond donors (Lipinski definition) is 0. The largest absolute Gasteiger partial charge is 0.309 e. The number of anilines is 6. The van der Waals surface area contributed by atoms with Crippen LogP contribution in [0.25, 0.3) is 76.5 Å². The maximum absolute atomic E-state index is 2.47. The van der Waals surface area contributed by atoms with Crippen molar-refractivity contribution in [3.63, 3.8) is 0 Å². The average molecular weight is 869 g/mol.